The lowest BCUT2D eigenvalue weighted by Crippen LogP contribution is -2.42. The Kier molecular flexibility index (Phi) is 4.80. The smallest absolute Gasteiger partial charge is 0.410 e. The highest BCUT2D eigenvalue weighted by Gasteiger charge is 2.26. The predicted octanol–water partition coefficient (Wildman–Crippen LogP) is 2.40. The zero-order valence-corrected chi connectivity index (χ0v) is 11.5. The molecule has 0 aromatic carbocycles. The molecule has 0 unspecified atom stereocenters. The van der Waals surface area contributed by atoms with Gasteiger partial charge in [-0.3, -0.25) is 0 Å². The van der Waals surface area contributed by atoms with Crippen molar-refractivity contribution in [3.8, 4) is 0 Å². The molecule has 0 spiro atoms. The zero-order valence-electron chi connectivity index (χ0n) is 11.5. The van der Waals surface area contributed by atoms with Crippen LogP contribution in [0.2, 0.25) is 0 Å². The Labute approximate surface area is 98.6 Å². The van der Waals surface area contributed by atoms with Gasteiger partial charge in [0.25, 0.3) is 0 Å². The lowest BCUT2D eigenvalue weighted by Gasteiger charge is -2.31. The van der Waals surface area contributed by atoms with Gasteiger partial charge >= 0.3 is 6.09 Å². The van der Waals surface area contributed by atoms with Crippen molar-refractivity contribution < 1.29 is 14.6 Å². The Balaban J connectivity index is 4.34. The highest BCUT2D eigenvalue weighted by atomic mass is 16.6. The molecular formula is C12H25NO3. The van der Waals surface area contributed by atoms with E-state index in [0.717, 1.165) is 0 Å². The summed E-state index contributed by atoms with van der Waals surface area (Å²) in [7, 11) is 1.68. The number of amides is 1. The quantitative estimate of drug-likeness (QED) is 0.811. The molecule has 0 rings (SSSR count). The van der Waals surface area contributed by atoms with Gasteiger partial charge in [-0.05, 0) is 48.0 Å². The first-order valence-corrected chi connectivity index (χ1v) is 5.60. The molecule has 0 aliphatic carbocycles. The van der Waals surface area contributed by atoms with Crippen molar-refractivity contribution >= 4 is 6.09 Å². The van der Waals surface area contributed by atoms with E-state index >= 15 is 0 Å². The van der Waals surface area contributed by atoms with Gasteiger partial charge in [0.15, 0.2) is 0 Å². The number of nitrogens with zero attached hydrogens (tertiary/aromatic N) is 1. The molecule has 0 bridgehead atoms. The minimum Gasteiger partial charge on any atom is -0.444 e. The summed E-state index contributed by atoms with van der Waals surface area (Å²) < 4.78 is 5.24. The van der Waals surface area contributed by atoms with E-state index in [4.69, 9.17) is 4.74 Å². The molecule has 4 heteroatoms. The molecule has 0 aliphatic heterocycles. The SMILES string of the molecule is C[C@@H](CC(C)(C)O)N(C)C(=O)OC(C)(C)C. The maximum atomic E-state index is 11.7. The van der Waals surface area contributed by atoms with Gasteiger partial charge in [0.1, 0.15) is 5.60 Å². The molecule has 0 saturated heterocycles. The van der Waals surface area contributed by atoms with Crippen molar-refractivity contribution in [1.82, 2.24) is 4.90 Å². The number of carbonyl (C=O) groups excluding carboxylic acids is 1. The van der Waals surface area contributed by atoms with Gasteiger partial charge in [0, 0.05) is 13.1 Å². The van der Waals surface area contributed by atoms with E-state index in [1.165, 1.54) is 4.90 Å². The first-order valence-electron chi connectivity index (χ1n) is 5.60. The van der Waals surface area contributed by atoms with Crippen LogP contribution in [-0.2, 0) is 4.74 Å². The third kappa shape index (κ3) is 6.67. The van der Waals surface area contributed by atoms with E-state index in [9.17, 15) is 9.90 Å². The Hall–Kier alpha value is -0.770. The average molecular weight is 231 g/mol. The highest BCUT2D eigenvalue weighted by molar-refractivity contribution is 5.68. The standard InChI is InChI=1S/C12H25NO3/c1-9(8-12(5,6)15)13(7)10(14)16-11(2,3)4/h9,15H,8H2,1-7H3/t9-/m0/s1. The number of carbonyl (C=O) groups is 1. The minimum absolute atomic E-state index is 0.0603. The van der Waals surface area contributed by atoms with E-state index in [0.29, 0.717) is 6.42 Å². The van der Waals surface area contributed by atoms with Crippen LogP contribution < -0.4 is 0 Å². The third-order valence-corrected chi connectivity index (χ3v) is 2.14. The molecule has 0 aliphatic rings. The second-order valence-electron chi connectivity index (χ2n) is 5.96. The molecule has 0 aromatic rings. The fourth-order valence-corrected chi connectivity index (χ4v) is 1.37. The first-order chi connectivity index (χ1) is 6.92. The van der Waals surface area contributed by atoms with Crippen LogP contribution in [0.1, 0.15) is 48.0 Å². The largest absolute Gasteiger partial charge is 0.444 e. The molecule has 0 heterocycles. The van der Waals surface area contributed by atoms with Crippen LogP contribution in [0.4, 0.5) is 4.79 Å². The van der Waals surface area contributed by atoms with Crippen LogP contribution in [0.5, 0.6) is 0 Å². The summed E-state index contributed by atoms with van der Waals surface area (Å²) in [6.45, 7) is 10.8. The fourth-order valence-electron chi connectivity index (χ4n) is 1.37. The maximum absolute atomic E-state index is 11.7. The van der Waals surface area contributed by atoms with E-state index in [-0.39, 0.29) is 12.1 Å². The van der Waals surface area contributed by atoms with Crippen LogP contribution in [-0.4, -0.2) is 40.4 Å². The summed E-state index contributed by atoms with van der Waals surface area (Å²) in [6, 6.07) is -0.0603. The Morgan fingerprint density at radius 3 is 2.06 bits per heavy atom. The van der Waals surface area contributed by atoms with Crippen molar-refractivity contribution in [2.45, 2.75) is 65.2 Å². The number of hydrogen-bond donors (Lipinski definition) is 1. The molecule has 0 fully saturated rings. The first kappa shape index (κ1) is 15.2. The van der Waals surface area contributed by atoms with Gasteiger partial charge in [-0.25, -0.2) is 4.79 Å². The summed E-state index contributed by atoms with van der Waals surface area (Å²) in [5, 5.41) is 9.67. The molecule has 16 heavy (non-hydrogen) atoms. The third-order valence-electron chi connectivity index (χ3n) is 2.14. The summed E-state index contributed by atoms with van der Waals surface area (Å²) in [5.74, 6) is 0. The molecule has 1 N–H and O–H groups in total. The number of rotatable bonds is 3. The normalized spacial score (nSPS) is 14.5. The van der Waals surface area contributed by atoms with Gasteiger partial charge in [-0.2, -0.15) is 0 Å². The molecule has 96 valence electrons. The molecule has 4 nitrogen and oxygen atoms in total. The van der Waals surface area contributed by atoms with E-state index in [1.54, 1.807) is 20.9 Å². The molecule has 1 atom stereocenters. The van der Waals surface area contributed by atoms with Crippen LogP contribution in [0.3, 0.4) is 0 Å². The topological polar surface area (TPSA) is 49.8 Å². The van der Waals surface area contributed by atoms with Gasteiger partial charge in [-0.1, -0.05) is 0 Å². The van der Waals surface area contributed by atoms with E-state index in [2.05, 4.69) is 0 Å². The molecular weight excluding hydrogens is 206 g/mol. The van der Waals surface area contributed by atoms with Gasteiger partial charge < -0.3 is 14.7 Å². The monoisotopic (exact) mass is 231 g/mol. The molecule has 0 radical (unpaired) electrons. The number of ether oxygens (including phenoxy) is 1. The Bertz CT molecular complexity index is 238. The number of aliphatic hydroxyl groups is 1. The minimum atomic E-state index is -0.782. The number of hydrogen-bond acceptors (Lipinski definition) is 3. The van der Waals surface area contributed by atoms with Crippen LogP contribution >= 0.6 is 0 Å². The summed E-state index contributed by atoms with van der Waals surface area (Å²) in [6.07, 6.45) is 0.159. The Morgan fingerprint density at radius 1 is 1.31 bits per heavy atom. The molecule has 0 aromatic heterocycles. The van der Waals surface area contributed by atoms with Gasteiger partial charge in [0.05, 0.1) is 5.60 Å². The van der Waals surface area contributed by atoms with Crippen LogP contribution in [0.25, 0.3) is 0 Å². The summed E-state index contributed by atoms with van der Waals surface area (Å²) >= 11 is 0. The van der Waals surface area contributed by atoms with Gasteiger partial charge in [0.2, 0.25) is 0 Å². The lowest BCUT2D eigenvalue weighted by molar-refractivity contribution is 0.00823. The van der Waals surface area contributed by atoms with Crippen molar-refractivity contribution in [1.29, 1.82) is 0 Å². The highest BCUT2D eigenvalue weighted by Crippen LogP contribution is 2.16. The van der Waals surface area contributed by atoms with Crippen molar-refractivity contribution in [2.75, 3.05) is 7.05 Å². The maximum Gasteiger partial charge on any atom is 0.410 e. The average Bonchev–Trinajstić information content (AvgIpc) is 1.96. The summed E-state index contributed by atoms with van der Waals surface area (Å²) in [5.41, 5.74) is -1.27. The van der Waals surface area contributed by atoms with E-state index < -0.39 is 11.2 Å². The van der Waals surface area contributed by atoms with Crippen molar-refractivity contribution in [2.24, 2.45) is 0 Å². The van der Waals surface area contributed by atoms with E-state index in [1.807, 2.05) is 27.7 Å². The van der Waals surface area contributed by atoms with Crippen LogP contribution in [0.15, 0.2) is 0 Å². The zero-order chi connectivity index (χ0) is 13.1. The van der Waals surface area contributed by atoms with Gasteiger partial charge in [-0.15, -0.1) is 0 Å². The molecule has 1 amide bonds. The van der Waals surface area contributed by atoms with Crippen LogP contribution in [0, 0.1) is 0 Å². The summed E-state index contributed by atoms with van der Waals surface area (Å²) in [4.78, 5) is 13.2. The second-order valence-corrected chi connectivity index (χ2v) is 5.96. The second kappa shape index (κ2) is 5.04. The lowest BCUT2D eigenvalue weighted by atomic mass is 10.00. The predicted molar refractivity (Wildman–Crippen MR) is 64.4 cm³/mol. The van der Waals surface area contributed by atoms with Crippen molar-refractivity contribution in [3.63, 3.8) is 0 Å². The van der Waals surface area contributed by atoms with Crippen molar-refractivity contribution in [3.05, 3.63) is 0 Å². The Morgan fingerprint density at radius 2 is 1.75 bits per heavy atom. The fraction of sp³-hybridized carbons (Fsp3) is 0.917. The molecule has 0 saturated carbocycles.